The van der Waals surface area contributed by atoms with E-state index >= 15 is 0 Å². The van der Waals surface area contributed by atoms with E-state index in [9.17, 15) is 14.7 Å². The number of benzene rings is 1. The number of aliphatic hydroxyl groups excluding tert-OH is 1. The highest BCUT2D eigenvalue weighted by molar-refractivity contribution is 5.94. The molecule has 2 fully saturated rings. The Labute approximate surface area is 170 Å². The molecule has 2 saturated heterocycles. The molecular formula is C23H28N2O4. The normalized spacial score (nSPS) is 23.9. The van der Waals surface area contributed by atoms with Crippen LogP contribution in [0.5, 0.6) is 0 Å². The number of pyridine rings is 1. The Balaban J connectivity index is 1.48. The van der Waals surface area contributed by atoms with Gasteiger partial charge in [-0.1, -0.05) is 30.3 Å². The number of piperidine rings is 1. The molecule has 6 nitrogen and oxygen atoms in total. The molecule has 1 aromatic carbocycles. The lowest BCUT2D eigenvalue weighted by Crippen LogP contribution is -2.52. The average Bonchev–Trinajstić information content (AvgIpc) is 2.72. The van der Waals surface area contributed by atoms with E-state index in [4.69, 9.17) is 4.74 Å². The second kappa shape index (κ2) is 7.76. The first-order chi connectivity index (χ1) is 13.9. The van der Waals surface area contributed by atoms with Gasteiger partial charge in [0.2, 0.25) is 0 Å². The average molecular weight is 396 g/mol. The summed E-state index contributed by atoms with van der Waals surface area (Å²) in [5.41, 5.74) is 1.42. The molecule has 3 heterocycles. The third-order valence-corrected chi connectivity index (χ3v) is 6.41. The van der Waals surface area contributed by atoms with E-state index in [0.717, 1.165) is 11.3 Å². The van der Waals surface area contributed by atoms with Crippen molar-refractivity contribution in [2.45, 2.75) is 50.4 Å². The van der Waals surface area contributed by atoms with Crippen molar-refractivity contribution < 1.29 is 14.6 Å². The Morgan fingerprint density at radius 2 is 1.83 bits per heavy atom. The standard InChI is InChI=1S/C23H28N2O4/c1-16-8-9-19(21(27)24(16)2)22(28)25-12-10-23(11-13-25)15-18(26)14-20(29-23)17-6-4-3-5-7-17/h3-9,18,20,26H,10-15H2,1-2H3/t18-,20-/m1/s1. The third-order valence-electron chi connectivity index (χ3n) is 6.41. The van der Waals surface area contributed by atoms with Gasteiger partial charge in [-0.15, -0.1) is 0 Å². The van der Waals surface area contributed by atoms with Crippen LogP contribution in [-0.4, -0.2) is 45.3 Å². The maximum Gasteiger partial charge on any atom is 0.263 e. The van der Waals surface area contributed by atoms with E-state index in [-0.39, 0.29) is 23.1 Å². The van der Waals surface area contributed by atoms with Crippen molar-refractivity contribution in [1.82, 2.24) is 9.47 Å². The smallest absolute Gasteiger partial charge is 0.263 e. The van der Waals surface area contributed by atoms with Crippen LogP contribution in [0.25, 0.3) is 0 Å². The van der Waals surface area contributed by atoms with Crippen molar-refractivity contribution in [1.29, 1.82) is 0 Å². The predicted octanol–water partition coefficient (Wildman–Crippen LogP) is 2.58. The molecule has 2 aliphatic heterocycles. The van der Waals surface area contributed by atoms with Gasteiger partial charge in [-0.05, 0) is 37.5 Å². The first-order valence-electron chi connectivity index (χ1n) is 10.3. The van der Waals surface area contributed by atoms with Crippen LogP contribution >= 0.6 is 0 Å². The van der Waals surface area contributed by atoms with E-state index in [1.165, 1.54) is 4.57 Å². The van der Waals surface area contributed by atoms with Crippen molar-refractivity contribution in [3.8, 4) is 0 Å². The number of aryl methyl sites for hydroxylation is 1. The monoisotopic (exact) mass is 396 g/mol. The first-order valence-corrected chi connectivity index (χ1v) is 10.3. The van der Waals surface area contributed by atoms with Crippen LogP contribution in [0.3, 0.4) is 0 Å². The van der Waals surface area contributed by atoms with Gasteiger partial charge in [-0.2, -0.15) is 0 Å². The zero-order valence-electron chi connectivity index (χ0n) is 17.0. The fourth-order valence-corrected chi connectivity index (χ4v) is 4.53. The summed E-state index contributed by atoms with van der Waals surface area (Å²) >= 11 is 0. The molecule has 1 amide bonds. The Hall–Kier alpha value is -2.44. The van der Waals surface area contributed by atoms with Gasteiger partial charge in [0, 0.05) is 38.7 Å². The quantitative estimate of drug-likeness (QED) is 0.847. The van der Waals surface area contributed by atoms with Crippen LogP contribution in [0.4, 0.5) is 0 Å². The molecule has 2 aromatic rings. The van der Waals surface area contributed by atoms with Crippen LogP contribution in [-0.2, 0) is 11.8 Å². The second-order valence-corrected chi connectivity index (χ2v) is 8.34. The van der Waals surface area contributed by atoms with Crippen molar-refractivity contribution in [3.05, 3.63) is 69.6 Å². The third kappa shape index (κ3) is 3.87. The number of amides is 1. The van der Waals surface area contributed by atoms with Crippen LogP contribution in [0.2, 0.25) is 0 Å². The Bertz CT molecular complexity index is 945. The number of hydrogen-bond acceptors (Lipinski definition) is 4. The van der Waals surface area contributed by atoms with E-state index in [1.54, 1.807) is 24.1 Å². The number of rotatable bonds is 2. The first kappa shape index (κ1) is 19.9. The minimum Gasteiger partial charge on any atom is -0.393 e. The molecule has 2 aliphatic rings. The molecule has 4 rings (SSSR count). The van der Waals surface area contributed by atoms with Crippen LogP contribution in [0.15, 0.2) is 47.3 Å². The molecule has 154 valence electrons. The summed E-state index contributed by atoms with van der Waals surface area (Å²) in [6, 6.07) is 13.4. The molecule has 1 spiro atoms. The fourth-order valence-electron chi connectivity index (χ4n) is 4.53. The number of aromatic nitrogens is 1. The number of hydrogen-bond donors (Lipinski definition) is 1. The number of carbonyl (C=O) groups is 1. The zero-order chi connectivity index (χ0) is 20.6. The van der Waals surface area contributed by atoms with Crippen LogP contribution in [0, 0.1) is 6.92 Å². The van der Waals surface area contributed by atoms with Crippen molar-refractivity contribution in [2.75, 3.05) is 13.1 Å². The van der Waals surface area contributed by atoms with Gasteiger partial charge in [0.05, 0.1) is 17.8 Å². The van der Waals surface area contributed by atoms with Crippen molar-refractivity contribution >= 4 is 5.91 Å². The SMILES string of the molecule is Cc1ccc(C(=O)N2CCC3(CC2)C[C@H](O)C[C@H](c2ccccc2)O3)c(=O)n1C. The lowest BCUT2D eigenvalue weighted by atomic mass is 9.81. The number of ether oxygens (including phenoxy) is 1. The van der Waals surface area contributed by atoms with E-state index < -0.39 is 11.7 Å². The van der Waals surface area contributed by atoms with Crippen LogP contribution < -0.4 is 5.56 Å². The number of carbonyl (C=O) groups excluding carboxylic acids is 1. The molecule has 0 unspecified atom stereocenters. The second-order valence-electron chi connectivity index (χ2n) is 8.34. The molecule has 0 saturated carbocycles. The topological polar surface area (TPSA) is 71.8 Å². The van der Waals surface area contributed by atoms with Gasteiger partial charge in [-0.3, -0.25) is 9.59 Å². The summed E-state index contributed by atoms with van der Waals surface area (Å²) in [6.45, 7) is 2.88. The van der Waals surface area contributed by atoms with Gasteiger partial charge in [-0.25, -0.2) is 0 Å². The Morgan fingerprint density at radius 3 is 2.52 bits per heavy atom. The highest BCUT2D eigenvalue weighted by atomic mass is 16.5. The highest BCUT2D eigenvalue weighted by Gasteiger charge is 2.44. The summed E-state index contributed by atoms with van der Waals surface area (Å²) in [7, 11) is 1.68. The maximum absolute atomic E-state index is 12.9. The largest absolute Gasteiger partial charge is 0.393 e. The van der Waals surface area contributed by atoms with E-state index in [1.807, 2.05) is 37.3 Å². The maximum atomic E-state index is 12.9. The van der Waals surface area contributed by atoms with Gasteiger partial charge in [0.25, 0.3) is 11.5 Å². The molecule has 0 aliphatic carbocycles. The molecule has 0 radical (unpaired) electrons. The Kier molecular flexibility index (Phi) is 5.32. The lowest BCUT2D eigenvalue weighted by Gasteiger charge is -2.48. The lowest BCUT2D eigenvalue weighted by molar-refractivity contribution is -0.181. The molecule has 1 aromatic heterocycles. The van der Waals surface area contributed by atoms with E-state index in [0.29, 0.717) is 38.8 Å². The van der Waals surface area contributed by atoms with Gasteiger partial charge < -0.3 is 19.3 Å². The molecule has 0 bridgehead atoms. The molecule has 1 N–H and O–H groups in total. The zero-order valence-corrected chi connectivity index (χ0v) is 17.0. The highest BCUT2D eigenvalue weighted by Crippen LogP contribution is 2.43. The molecule has 6 heteroatoms. The van der Waals surface area contributed by atoms with Gasteiger partial charge in [0.1, 0.15) is 5.56 Å². The summed E-state index contributed by atoms with van der Waals surface area (Å²) in [4.78, 5) is 27.1. The summed E-state index contributed by atoms with van der Waals surface area (Å²) in [5, 5.41) is 10.5. The molecular weight excluding hydrogens is 368 g/mol. The fraction of sp³-hybridized carbons (Fsp3) is 0.478. The minimum atomic E-state index is -0.423. The van der Waals surface area contributed by atoms with Crippen molar-refractivity contribution in [3.63, 3.8) is 0 Å². The summed E-state index contributed by atoms with van der Waals surface area (Å²) in [6.07, 6.45) is 1.95. The number of aliphatic hydroxyl groups is 1. The van der Waals surface area contributed by atoms with Crippen LogP contribution in [0.1, 0.15) is 53.4 Å². The summed E-state index contributed by atoms with van der Waals surface area (Å²) < 4.78 is 8.00. The van der Waals surface area contributed by atoms with Gasteiger partial charge in [0.15, 0.2) is 0 Å². The number of likely N-dealkylation sites (tertiary alicyclic amines) is 1. The van der Waals surface area contributed by atoms with Gasteiger partial charge >= 0.3 is 0 Å². The predicted molar refractivity (Wildman–Crippen MR) is 110 cm³/mol. The Morgan fingerprint density at radius 1 is 1.14 bits per heavy atom. The van der Waals surface area contributed by atoms with Crippen molar-refractivity contribution in [2.24, 2.45) is 7.05 Å². The molecule has 2 atom stereocenters. The van der Waals surface area contributed by atoms with E-state index in [2.05, 4.69) is 0 Å². The number of nitrogens with zero attached hydrogens (tertiary/aromatic N) is 2. The summed E-state index contributed by atoms with van der Waals surface area (Å²) in [5.74, 6) is -0.226. The minimum absolute atomic E-state index is 0.133. The molecule has 29 heavy (non-hydrogen) atoms.